The number of carbonyl (C=O) groups excluding carboxylic acids is 1. The Morgan fingerprint density at radius 3 is 2.61 bits per heavy atom. The Bertz CT molecular complexity index is 684. The fourth-order valence-electron chi connectivity index (χ4n) is 1.69. The number of hydrazine groups is 1. The lowest BCUT2D eigenvalue weighted by atomic mass is 10.2. The van der Waals surface area contributed by atoms with Gasteiger partial charge in [0.15, 0.2) is 0 Å². The van der Waals surface area contributed by atoms with Crippen LogP contribution in [-0.2, 0) is 11.0 Å². The second kappa shape index (κ2) is 7.19. The Labute approximate surface area is 135 Å². The van der Waals surface area contributed by atoms with Gasteiger partial charge in [0.25, 0.3) is 5.91 Å². The molecule has 0 saturated carbocycles. The van der Waals surface area contributed by atoms with Crippen molar-refractivity contribution in [1.82, 2.24) is 10.9 Å². The van der Waals surface area contributed by atoms with Crippen LogP contribution in [0.25, 0.3) is 5.70 Å². The number of anilines is 1. The fourth-order valence-corrected chi connectivity index (χ4v) is 2.34. The van der Waals surface area contributed by atoms with Gasteiger partial charge in [-0.2, -0.15) is 13.2 Å². The summed E-state index contributed by atoms with van der Waals surface area (Å²) in [4.78, 5) is 12.5. The quantitative estimate of drug-likeness (QED) is 0.705. The minimum atomic E-state index is -4.42. The molecule has 3 N–H and O–H groups in total. The van der Waals surface area contributed by atoms with Gasteiger partial charge in [-0.3, -0.25) is 15.6 Å². The Morgan fingerprint density at radius 1 is 1.17 bits per heavy atom. The van der Waals surface area contributed by atoms with Crippen LogP contribution < -0.4 is 16.2 Å². The van der Waals surface area contributed by atoms with Gasteiger partial charge in [0.1, 0.15) is 0 Å². The van der Waals surface area contributed by atoms with Gasteiger partial charge in [-0.1, -0.05) is 18.7 Å². The molecular formula is C15H14F3N3OS. The van der Waals surface area contributed by atoms with Crippen molar-refractivity contribution in [1.29, 1.82) is 0 Å². The van der Waals surface area contributed by atoms with E-state index in [4.69, 9.17) is 0 Å². The highest BCUT2D eigenvalue weighted by atomic mass is 32.1. The Morgan fingerprint density at radius 2 is 1.96 bits per heavy atom. The van der Waals surface area contributed by atoms with Gasteiger partial charge in [-0.05, 0) is 29.6 Å². The predicted octanol–water partition coefficient (Wildman–Crippen LogP) is 3.47. The third-order valence-corrected chi connectivity index (χ3v) is 3.74. The lowest BCUT2D eigenvalue weighted by Gasteiger charge is -2.12. The molecule has 0 aliphatic rings. The van der Waals surface area contributed by atoms with Crippen molar-refractivity contribution < 1.29 is 18.0 Å². The molecule has 4 nitrogen and oxygen atoms in total. The summed E-state index contributed by atoms with van der Waals surface area (Å²) >= 11 is 1.46. The van der Waals surface area contributed by atoms with Crippen molar-refractivity contribution in [2.45, 2.75) is 6.18 Å². The Hall–Kier alpha value is -2.48. The summed E-state index contributed by atoms with van der Waals surface area (Å²) in [5.41, 5.74) is 5.05. The summed E-state index contributed by atoms with van der Waals surface area (Å²) in [5.74, 6) is -0.430. The summed E-state index contributed by atoms with van der Waals surface area (Å²) < 4.78 is 37.8. The monoisotopic (exact) mass is 341 g/mol. The molecule has 8 heteroatoms. The van der Waals surface area contributed by atoms with Crippen LogP contribution in [0.5, 0.6) is 0 Å². The van der Waals surface area contributed by atoms with E-state index in [1.807, 2.05) is 17.5 Å². The molecule has 23 heavy (non-hydrogen) atoms. The molecular weight excluding hydrogens is 327 g/mol. The molecule has 1 amide bonds. The van der Waals surface area contributed by atoms with Crippen molar-refractivity contribution in [3.8, 4) is 0 Å². The fraction of sp³-hybridized carbons (Fsp3) is 0.133. The van der Waals surface area contributed by atoms with Gasteiger partial charge >= 0.3 is 6.18 Å². The highest BCUT2D eigenvalue weighted by Gasteiger charge is 2.30. The number of hydrogen-bond acceptors (Lipinski definition) is 4. The maximum absolute atomic E-state index is 12.6. The van der Waals surface area contributed by atoms with Crippen LogP contribution in [0.1, 0.15) is 10.4 Å². The number of benzene rings is 1. The molecule has 122 valence electrons. The maximum atomic E-state index is 12.6. The topological polar surface area (TPSA) is 53.2 Å². The lowest BCUT2D eigenvalue weighted by Crippen LogP contribution is -2.39. The summed E-state index contributed by atoms with van der Waals surface area (Å²) in [6, 6.07) is 8.35. The number of alkyl halides is 3. The van der Waals surface area contributed by atoms with Crippen LogP contribution in [0.3, 0.4) is 0 Å². The molecule has 0 saturated heterocycles. The molecule has 2 rings (SSSR count). The standard InChI is InChI=1S/C15H14F3N3OS/c1-10(13-6-3-7-23-13)20-21-14(22)9-19-12-5-2-4-11(8-12)15(16,17)18/h2-8,19-20H,1,9H2,(H,21,22). The summed E-state index contributed by atoms with van der Waals surface area (Å²) in [5, 5.41) is 4.51. The van der Waals surface area contributed by atoms with E-state index in [1.54, 1.807) is 0 Å². The maximum Gasteiger partial charge on any atom is 0.416 e. The Balaban J connectivity index is 1.82. The minimum absolute atomic E-state index is 0.175. The molecule has 1 aromatic carbocycles. The zero-order valence-corrected chi connectivity index (χ0v) is 12.7. The molecule has 0 fully saturated rings. The zero-order chi connectivity index (χ0) is 16.9. The Kier molecular flexibility index (Phi) is 5.28. The first-order valence-electron chi connectivity index (χ1n) is 6.55. The minimum Gasteiger partial charge on any atom is -0.376 e. The number of halogens is 3. The van der Waals surface area contributed by atoms with Gasteiger partial charge in [0, 0.05) is 5.69 Å². The van der Waals surface area contributed by atoms with E-state index >= 15 is 0 Å². The second-order valence-electron chi connectivity index (χ2n) is 4.56. The van der Waals surface area contributed by atoms with Crippen molar-refractivity contribution >= 4 is 28.6 Å². The SMILES string of the molecule is C=C(NNC(=O)CNc1cccc(C(F)(F)F)c1)c1cccs1. The molecule has 0 spiro atoms. The van der Waals surface area contributed by atoms with E-state index in [1.165, 1.54) is 23.5 Å². The zero-order valence-electron chi connectivity index (χ0n) is 11.9. The number of hydrogen-bond donors (Lipinski definition) is 3. The first kappa shape index (κ1) is 16.9. The van der Waals surface area contributed by atoms with E-state index in [0.29, 0.717) is 5.70 Å². The van der Waals surface area contributed by atoms with Crippen LogP contribution in [-0.4, -0.2) is 12.5 Å². The van der Waals surface area contributed by atoms with E-state index in [2.05, 4.69) is 22.7 Å². The van der Waals surface area contributed by atoms with Crippen molar-refractivity contribution in [2.75, 3.05) is 11.9 Å². The molecule has 0 aliphatic heterocycles. The van der Waals surface area contributed by atoms with Gasteiger partial charge in [0.2, 0.25) is 0 Å². The van der Waals surface area contributed by atoms with Crippen molar-refractivity contribution in [3.05, 3.63) is 58.8 Å². The van der Waals surface area contributed by atoms with Gasteiger partial charge in [-0.25, -0.2) is 0 Å². The van der Waals surface area contributed by atoms with Crippen molar-refractivity contribution in [2.24, 2.45) is 0 Å². The molecule has 0 bridgehead atoms. The molecule has 0 aliphatic carbocycles. The molecule has 0 atom stereocenters. The smallest absolute Gasteiger partial charge is 0.376 e. The lowest BCUT2D eigenvalue weighted by molar-refractivity contribution is -0.137. The summed E-state index contributed by atoms with van der Waals surface area (Å²) in [7, 11) is 0. The molecule has 2 aromatic rings. The van der Waals surface area contributed by atoms with Gasteiger partial charge < -0.3 is 5.32 Å². The number of nitrogens with one attached hydrogen (secondary N) is 3. The largest absolute Gasteiger partial charge is 0.416 e. The number of thiophene rings is 1. The van der Waals surface area contributed by atoms with Crippen LogP contribution in [0, 0.1) is 0 Å². The van der Waals surface area contributed by atoms with E-state index in [-0.39, 0.29) is 12.2 Å². The number of amides is 1. The highest BCUT2D eigenvalue weighted by Crippen LogP contribution is 2.30. The third kappa shape index (κ3) is 5.03. The van der Waals surface area contributed by atoms with E-state index in [9.17, 15) is 18.0 Å². The molecule has 1 aromatic heterocycles. The molecule has 0 unspecified atom stereocenters. The van der Waals surface area contributed by atoms with E-state index in [0.717, 1.165) is 17.0 Å². The summed E-state index contributed by atoms with van der Waals surface area (Å²) in [6.07, 6.45) is -4.42. The van der Waals surface area contributed by atoms with Gasteiger partial charge in [0.05, 0.1) is 22.7 Å². The number of carbonyl (C=O) groups is 1. The highest BCUT2D eigenvalue weighted by molar-refractivity contribution is 7.11. The van der Waals surface area contributed by atoms with Crippen LogP contribution in [0.4, 0.5) is 18.9 Å². The molecule has 0 radical (unpaired) electrons. The molecule has 1 heterocycles. The van der Waals surface area contributed by atoms with Crippen LogP contribution in [0.2, 0.25) is 0 Å². The average Bonchev–Trinajstić information content (AvgIpc) is 3.04. The van der Waals surface area contributed by atoms with E-state index < -0.39 is 17.6 Å². The van der Waals surface area contributed by atoms with Crippen LogP contribution >= 0.6 is 11.3 Å². The average molecular weight is 341 g/mol. The van der Waals surface area contributed by atoms with Crippen LogP contribution in [0.15, 0.2) is 48.4 Å². The number of rotatable bonds is 6. The second-order valence-corrected chi connectivity index (χ2v) is 5.51. The summed E-state index contributed by atoms with van der Waals surface area (Å²) in [6.45, 7) is 3.59. The first-order valence-corrected chi connectivity index (χ1v) is 7.43. The first-order chi connectivity index (χ1) is 10.9. The van der Waals surface area contributed by atoms with Gasteiger partial charge in [-0.15, -0.1) is 11.3 Å². The normalized spacial score (nSPS) is 10.9. The van der Waals surface area contributed by atoms with Crippen molar-refractivity contribution in [3.63, 3.8) is 0 Å². The predicted molar refractivity (Wildman–Crippen MR) is 84.6 cm³/mol. The third-order valence-electron chi connectivity index (χ3n) is 2.81.